The standard InChI is InChI=1S/C12H9FO4/c1-17-12(16)5-3-8-6-10(13)4-2-9(8)7-11(14)15/h2,4,6H,7H2,1H3,(H,14,15). The molecule has 0 unspecified atom stereocenters. The van der Waals surface area contributed by atoms with Crippen molar-refractivity contribution in [3.8, 4) is 11.8 Å². The second-order valence-corrected chi connectivity index (χ2v) is 3.11. The molecule has 0 saturated heterocycles. The summed E-state index contributed by atoms with van der Waals surface area (Å²) in [6.45, 7) is 0. The first-order valence-corrected chi connectivity index (χ1v) is 4.63. The average molecular weight is 236 g/mol. The highest BCUT2D eigenvalue weighted by Gasteiger charge is 2.06. The zero-order valence-corrected chi connectivity index (χ0v) is 8.99. The molecule has 0 aromatic heterocycles. The van der Waals surface area contributed by atoms with Gasteiger partial charge in [-0.05, 0) is 17.7 Å². The SMILES string of the molecule is COC(=O)C#Cc1cc(F)ccc1CC(=O)O. The van der Waals surface area contributed by atoms with Gasteiger partial charge in [0.2, 0.25) is 0 Å². The van der Waals surface area contributed by atoms with E-state index in [1.54, 1.807) is 0 Å². The van der Waals surface area contributed by atoms with Gasteiger partial charge in [-0.15, -0.1) is 0 Å². The van der Waals surface area contributed by atoms with Crippen LogP contribution in [0.15, 0.2) is 18.2 Å². The number of hydrogen-bond donors (Lipinski definition) is 1. The van der Waals surface area contributed by atoms with Gasteiger partial charge in [-0.1, -0.05) is 12.0 Å². The third kappa shape index (κ3) is 3.95. The lowest BCUT2D eigenvalue weighted by Gasteiger charge is -2.01. The van der Waals surface area contributed by atoms with Crippen molar-refractivity contribution in [3.63, 3.8) is 0 Å². The second-order valence-electron chi connectivity index (χ2n) is 3.11. The van der Waals surface area contributed by atoms with Gasteiger partial charge in [-0.2, -0.15) is 0 Å². The number of carbonyl (C=O) groups is 2. The van der Waals surface area contributed by atoms with E-state index in [1.165, 1.54) is 13.2 Å². The van der Waals surface area contributed by atoms with Crippen molar-refractivity contribution in [2.75, 3.05) is 7.11 Å². The molecule has 5 heteroatoms. The molecule has 1 rings (SSSR count). The molecule has 0 atom stereocenters. The van der Waals surface area contributed by atoms with Crippen molar-refractivity contribution in [2.45, 2.75) is 6.42 Å². The molecule has 0 aliphatic heterocycles. The number of methoxy groups -OCH3 is 1. The normalized spacial score (nSPS) is 9.06. The largest absolute Gasteiger partial charge is 0.481 e. The van der Waals surface area contributed by atoms with E-state index in [2.05, 4.69) is 16.6 Å². The summed E-state index contributed by atoms with van der Waals surface area (Å²) in [5, 5.41) is 8.65. The molecule has 0 aliphatic rings. The molecule has 0 spiro atoms. The molecule has 0 heterocycles. The van der Waals surface area contributed by atoms with E-state index >= 15 is 0 Å². The number of rotatable bonds is 2. The van der Waals surface area contributed by atoms with E-state index in [1.807, 2.05) is 0 Å². The maximum absolute atomic E-state index is 13.0. The summed E-state index contributed by atoms with van der Waals surface area (Å²) in [5.41, 5.74) is 0.508. The van der Waals surface area contributed by atoms with Gasteiger partial charge < -0.3 is 9.84 Å². The van der Waals surface area contributed by atoms with Gasteiger partial charge in [0.15, 0.2) is 0 Å². The van der Waals surface area contributed by atoms with Crippen LogP contribution < -0.4 is 0 Å². The lowest BCUT2D eigenvalue weighted by atomic mass is 10.0. The summed E-state index contributed by atoms with van der Waals surface area (Å²) >= 11 is 0. The minimum Gasteiger partial charge on any atom is -0.481 e. The fraction of sp³-hybridized carbons (Fsp3) is 0.167. The van der Waals surface area contributed by atoms with Crippen LogP contribution >= 0.6 is 0 Å². The Labute approximate surface area is 97.0 Å². The Balaban J connectivity index is 3.09. The van der Waals surface area contributed by atoms with Gasteiger partial charge >= 0.3 is 11.9 Å². The van der Waals surface area contributed by atoms with Crippen LogP contribution in [0, 0.1) is 17.7 Å². The molecule has 88 valence electrons. The van der Waals surface area contributed by atoms with Crippen LogP contribution in [-0.4, -0.2) is 24.2 Å². The smallest absolute Gasteiger partial charge is 0.384 e. The van der Waals surface area contributed by atoms with Crippen LogP contribution in [0.3, 0.4) is 0 Å². The quantitative estimate of drug-likeness (QED) is 0.614. The molecule has 0 amide bonds. The Bertz CT molecular complexity index is 511. The van der Waals surface area contributed by atoms with Gasteiger partial charge in [-0.25, -0.2) is 9.18 Å². The molecule has 1 aromatic carbocycles. The van der Waals surface area contributed by atoms with Crippen LogP contribution in [0.5, 0.6) is 0 Å². The summed E-state index contributed by atoms with van der Waals surface area (Å²) in [5.74, 6) is 2.13. The third-order valence-electron chi connectivity index (χ3n) is 1.90. The Hall–Kier alpha value is -2.35. The highest BCUT2D eigenvalue weighted by molar-refractivity contribution is 5.89. The highest BCUT2D eigenvalue weighted by atomic mass is 19.1. The van der Waals surface area contributed by atoms with Crippen molar-refractivity contribution in [3.05, 3.63) is 35.1 Å². The van der Waals surface area contributed by atoms with Crippen LogP contribution in [0.4, 0.5) is 4.39 Å². The van der Waals surface area contributed by atoms with Gasteiger partial charge in [0, 0.05) is 11.5 Å². The van der Waals surface area contributed by atoms with Crippen LogP contribution in [0.2, 0.25) is 0 Å². The van der Waals surface area contributed by atoms with E-state index < -0.39 is 17.8 Å². The highest BCUT2D eigenvalue weighted by Crippen LogP contribution is 2.11. The molecule has 1 N–H and O–H groups in total. The molecular formula is C12H9FO4. The zero-order valence-electron chi connectivity index (χ0n) is 8.99. The van der Waals surface area contributed by atoms with Crippen molar-refractivity contribution in [2.24, 2.45) is 0 Å². The van der Waals surface area contributed by atoms with Crippen molar-refractivity contribution < 1.29 is 23.8 Å². The maximum atomic E-state index is 13.0. The van der Waals surface area contributed by atoms with Crippen molar-refractivity contribution in [1.29, 1.82) is 0 Å². The minimum absolute atomic E-state index is 0.165. The molecular weight excluding hydrogens is 227 g/mol. The lowest BCUT2D eigenvalue weighted by molar-refractivity contribution is -0.136. The number of halogens is 1. The summed E-state index contributed by atoms with van der Waals surface area (Å²) in [7, 11) is 1.17. The van der Waals surface area contributed by atoms with Crippen LogP contribution in [-0.2, 0) is 20.7 Å². The average Bonchev–Trinajstić information content (AvgIpc) is 2.28. The topological polar surface area (TPSA) is 63.6 Å². The van der Waals surface area contributed by atoms with E-state index in [0.29, 0.717) is 5.56 Å². The summed E-state index contributed by atoms with van der Waals surface area (Å²) in [4.78, 5) is 21.4. The lowest BCUT2D eigenvalue weighted by Crippen LogP contribution is -2.03. The Kier molecular flexibility index (Phi) is 4.23. The summed E-state index contributed by atoms with van der Waals surface area (Å²) in [6, 6.07) is 3.54. The molecule has 0 radical (unpaired) electrons. The minimum atomic E-state index is -1.06. The number of carboxylic acids is 1. The fourth-order valence-electron chi connectivity index (χ4n) is 1.15. The molecule has 0 saturated carbocycles. The Morgan fingerprint density at radius 1 is 1.47 bits per heavy atom. The fourth-order valence-corrected chi connectivity index (χ4v) is 1.15. The molecule has 0 bridgehead atoms. The molecule has 1 aromatic rings. The van der Waals surface area contributed by atoms with Gasteiger partial charge in [0.25, 0.3) is 0 Å². The molecule has 0 fully saturated rings. The van der Waals surface area contributed by atoms with Gasteiger partial charge in [0.05, 0.1) is 13.5 Å². The summed E-state index contributed by atoms with van der Waals surface area (Å²) < 4.78 is 17.3. The molecule has 0 aliphatic carbocycles. The van der Waals surface area contributed by atoms with E-state index in [4.69, 9.17) is 5.11 Å². The second kappa shape index (κ2) is 5.66. The molecule has 17 heavy (non-hydrogen) atoms. The predicted molar refractivity (Wildman–Crippen MR) is 56.6 cm³/mol. The first-order chi connectivity index (χ1) is 8.02. The number of benzene rings is 1. The number of carboxylic acid groups (broad SMARTS) is 1. The monoisotopic (exact) mass is 236 g/mol. The number of carbonyl (C=O) groups excluding carboxylic acids is 1. The maximum Gasteiger partial charge on any atom is 0.384 e. The number of hydrogen-bond acceptors (Lipinski definition) is 3. The van der Waals surface area contributed by atoms with Crippen LogP contribution in [0.1, 0.15) is 11.1 Å². The van der Waals surface area contributed by atoms with Crippen LogP contribution in [0.25, 0.3) is 0 Å². The summed E-state index contributed by atoms with van der Waals surface area (Å²) in [6.07, 6.45) is -0.286. The Morgan fingerprint density at radius 3 is 2.76 bits per heavy atom. The van der Waals surface area contributed by atoms with Crippen molar-refractivity contribution in [1.82, 2.24) is 0 Å². The third-order valence-corrected chi connectivity index (χ3v) is 1.90. The van der Waals surface area contributed by atoms with E-state index in [9.17, 15) is 14.0 Å². The Morgan fingerprint density at radius 2 is 2.18 bits per heavy atom. The van der Waals surface area contributed by atoms with E-state index in [0.717, 1.165) is 12.1 Å². The van der Waals surface area contributed by atoms with Gasteiger partial charge in [0.1, 0.15) is 5.82 Å². The molecule has 4 nitrogen and oxygen atoms in total. The zero-order chi connectivity index (χ0) is 12.8. The first-order valence-electron chi connectivity index (χ1n) is 4.63. The predicted octanol–water partition coefficient (Wildman–Crippen LogP) is 0.977. The number of esters is 1. The number of aliphatic carboxylic acids is 1. The van der Waals surface area contributed by atoms with Gasteiger partial charge in [-0.3, -0.25) is 4.79 Å². The van der Waals surface area contributed by atoms with Crippen molar-refractivity contribution >= 4 is 11.9 Å². The number of ether oxygens (including phenoxy) is 1. The first kappa shape index (κ1) is 12.7. The van der Waals surface area contributed by atoms with E-state index in [-0.39, 0.29) is 12.0 Å².